The van der Waals surface area contributed by atoms with Gasteiger partial charge in [-0.15, -0.1) is 10.2 Å². The molecule has 0 aromatic carbocycles. The minimum Gasteiger partial charge on any atom is -0.481 e. The molecule has 0 aliphatic heterocycles. The second-order valence-corrected chi connectivity index (χ2v) is 6.20. The third kappa shape index (κ3) is 4.82. The number of carboxylic acid groups (broad SMARTS) is 1. The SMILES string of the molecule is Cc1nnc(NC(=O)N(CCC(=O)O)C(C)(C)C)s1. The zero-order chi connectivity index (χ0) is 14.6. The smallest absolute Gasteiger partial charge is 0.324 e. The number of anilines is 1. The Bertz CT molecular complexity index is 467. The Balaban J connectivity index is 2.74. The average Bonchev–Trinajstić information content (AvgIpc) is 2.61. The fourth-order valence-corrected chi connectivity index (χ4v) is 2.04. The molecule has 0 saturated heterocycles. The van der Waals surface area contributed by atoms with Gasteiger partial charge in [-0.3, -0.25) is 10.1 Å². The molecule has 0 spiro atoms. The number of aryl methyl sites for hydroxylation is 1. The van der Waals surface area contributed by atoms with Crippen molar-refractivity contribution in [3.05, 3.63) is 5.01 Å². The van der Waals surface area contributed by atoms with Crippen LogP contribution in [-0.4, -0.2) is 44.3 Å². The summed E-state index contributed by atoms with van der Waals surface area (Å²) in [6, 6.07) is -0.370. The molecule has 2 N–H and O–H groups in total. The summed E-state index contributed by atoms with van der Waals surface area (Å²) in [6.45, 7) is 7.47. The van der Waals surface area contributed by atoms with E-state index in [0.29, 0.717) is 5.13 Å². The summed E-state index contributed by atoms with van der Waals surface area (Å²) in [7, 11) is 0. The van der Waals surface area contributed by atoms with Crippen LogP contribution < -0.4 is 5.32 Å². The van der Waals surface area contributed by atoms with Crippen molar-refractivity contribution in [3.8, 4) is 0 Å². The van der Waals surface area contributed by atoms with E-state index < -0.39 is 11.5 Å². The second kappa shape index (κ2) is 5.96. The van der Waals surface area contributed by atoms with Crippen molar-refractivity contribution in [3.63, 3.8) is 0 Å². The Morgan fingerprint density at radius 3 is 2.42 bits per heavy atom. The molecule has 106 valence electrons. The number of nitrogens with zero attached hydrogens (tertiary/aromatic N) is 3. The van der Waals surface area contributed by atoms with Crippen molar-refractivity contribution >= 4 is 28.5 Å². The van der Waals surface area contributed by atoms with Crippen molar-refractivity contribution in [2.75, 3.05) is 11.9 Å². The highest BCUT2D eigenvalue weighted by atomic mass is 32.1. The Morgan fingerprint density at radius 1 is 1.37 bits per heavy atom. The maximum absolute atomic E-state index is 12.1. The molecule has 0 aliphatic carbocycles. The number of carbonyl (C=O) groups is 2. The highest BCUT2D eigenvalue weighted by Gasteiger charge is 2.27. The lowest BCUT2D eigenvalue weighted by molar-refractivity contribution is -0.137. The number of carbonyl (C=O) groups excluding carboxylic acids is 1. The number of nitrogens with one attached hydrogen (secondary N) is 1. The number of amides is 2. The lowest BCUT2D eigenvalue weighted by Gasteiger charge is -2.35. The topological polar surface area (TPSA) is 95.4 Å². The molecule has 0 bridgehead atoms. The van der Waals surface area contributed by atoms with Crippen LogP contribution in [0.1, 0.15) is 32.2 Å². The molecule has 0 aliphatic rings. The van der Waals surface area contributed by atoms with E-state index in [4.69, 9.17) is 5.11 Å². The van der Waals surface area contributed by atoms with E-state index in [1.807, 2.05) is 20.8 Å². The largest absolute Gasteiger partial charge is 0.481 e. The predicted molar refractivity (Wildman–Crippen MR) is 72.4 cm³/mol. The number of hydrogen-bond acceptors (Lipinski definition) is 5. The molecule has 7 nitrogen and oxygen atoms in total. The van der Waals surface area contributed by atoms with E-state index in [9.17, 15) is 9.59 Å². The summed E-state index contributed by atoms with van der Waals surface area (Å²) in [5.74, 6) is -0.936. The molecular weight excluding hydrogens is 268 g/mol. The first-order chi connectivity index (χ1) is 8.70. The van der Waals surface area contributed by atoms with Crippen molar-refractivity contribution < 1.29 is 14.7 Å². The monoisotopic (exact) mass is 286 g/mol. The fraction of sp³-hybridized carbons (Fsp3) is 0.636. The van der Waals surface area contributed by atoms with Gasteiger partial charge in [0.25, 0.3) is 0 Å². The van der Waals surface area contributed by atoms with Crippen molar-refractivity contribution in [1.82, 2.24) is 15.1 Å². The number of rotatable bonds is 4. The number of carboxylic acids is 1. The molecule has 0 unspecified atom stereocenters. The van der Waals surface area contributed by atoms with Gasteiger partial charge in [-0.2, -0.15) is 0 Å². The molecule has 0 atom stereocenters. The molecule has 1 aromatic heterocycles. The Hall–Kier alpha value is -1.70. The minimum absolute atomic E-state index is 0.0974. The number of aromatic nitrogens is 2. The number of hydrogen-bond donors (Lipinski definition) is 2. The first-order valence-electron chi connectivity index (χ1n) is 5.80. The first-order valence-corrected chi connectivity index (χ1v) is 6.62. The van der Waals surface area contributed by atoms with Crippen molar-refractivity contribution in [2.45, 2.75) is 39.7 Å². The highest BCUT2D eigenvalue weighted by molar-refractivity contribution is 7.15. The van der Waals surface area contributed by atoms with Crippen LogP contribution in [0.25, 0.3) is 0 Å². The molecular formula is C11H18N4O3S. The van der Waals surface area contributed by atoms with Gasteiger partial charge in [0.1, 0.15) is 5.01 Å². The van der Waals surface area contributed by atoms with Gasteiger partial charge in [0.05, 0.1) is 6.42 Å². The minimum atomic E-state index is -0.936. The molecule has 8 heteroatoms. The van der Waals surface area contributed by atoms with Gasteiger partial charge in [-0.05, 0) is 27.7 Å². The fourth-order valence-electron chi connectivity index (χ4n) is 1.46. The molecule has 1 rings (SSSR count). The Labute approximate surface area is 115 Å². The van der Waals surface area contributed by atoms with Crippen LogP contribution in [-0.2, 0) is 4.79 Å². The van der Waals surface area contributed by atoms with E-state index >= 15 is 0 Å². The van der Waals surface area contributed by atoms with E-state index in [1.165, 1.54) is 16.2 Å². The van der Waals surface area contributed by atoms with E-state index in [1.54, 1.807) is 6.92 Å². The second-order valence-electron chi connectivity index (χ2n) is 5.02. The maximum Gasteiger partial charge on any atom is 0.324 e. The van der Waals surface area contributed by atoms with Gasteiger partial charge in [0.2, 0.25) is 5.13 Å². The summed E-state index contributed by atoms with van der Waals surface area (Å²) in [4.78, 5) is 24.2. The van der Waals surface area contributed by atoms with Crippen molar-refractivity contribution in [2.24, 2.45) is 0 Å². The summed E-state index contributed by atoms with van der Waals surface area (Å²) < 4.78 is 0. The Morgan fingerprint density at radius 2 is 2.00 bits per heavy atom. The predicted octanol–water partition coefficient (Wildman–Crippen LogP) is 1.95. The molecule has 1 aromatic rings. The summed E-state index contributed by atoms with van der Waals surface area (Å²) in [5.41, 5.74) is -0.473. The quantitative estimate of drug-likeness (QED) is 0.882. The number of urea groups is 1. The summed E-state index contributed by atoms with van der Waals surface area (Å²) in [6.07, 6.45) is -0.0974. The van der Waals surface area contributed by atoms with E-state index in [2.05, 4.69) is 15.5 Å². The van der Waals surface area contributed by atoms with Crippen LogP contribution in [0.5, 0.6) is 0 Å². The van der Waals surface area contributed by atoms with Crippen LogP contribution in [0, 0.1) is 6.92 Å². The maximum atomic E-state index is 12.1. The van der Waals surface area contributed by atoms with Gasteiger partial charge in [-0.25, -0.2) is 4.79 Å². The molecule has 1 heterocycles. The van der Waals surface area contributed by atoms with Crippen LogP contribution in [0.4, 0.5) is 9.93 Å². The van der Waals surface area contributed by atoms with Gasteiger partial charge < -0.3 is 10.0 Å². The first kappa shape index (κ1) is 15.4. The van der Waals surface area contributed by atoms with Crippen LogP contribution >= 0.6 is 11.3 Å². The zero-order valence-corrected chi connectivity index (χ0v) is 12.2. The third-order valence-corrected chi connectivity index (χ3v) is 3.10. The molecule has 0 radical (unpaired) electrons. The van der Waals surface area contributed by atoms with Crippen molar-refractivity contribution in [1.29, 1.82) is 0 Å². The van der Waals surface area contributed by atoms with Crippen LogP contribution in [0.3, 0.4) is 0 Å². The summed E-state index contributed by atoms with van der Waals surface area (Å²) in [5, 5.41) is 20.1. The molecule has 2 amide bonds. The van der Waals surface area contributed by atoms with Gasteiger partial charge in [0.15, 0.2) is 0 Å². The van der Waals surface area contributed by atoms with E-state index in [-0.39, 0.29) is 19.0 Å². The highest BCUT2D eigenvalue weighted by Crippen LogP contribution is 2.18. The van der Waals surface area contributed by atoms with E-state index in [0.717, 1.165) is 5.01 Å². The Kier molecular flexibility index (Phi) is 4.82. The van der Waals surface area contributed by atoms with Gasteiger partial charge >= 0.3 is 12.0 Å². The molecule has 0 fully saturated rings. The lowest BCUT2D eigenvalue weighted by atomic mass is 10.1. The van der Waals surface area contributed by atoms with Gasteiger partial charge in [-0.1, -0.05) is 11.3 Å². The molecule has 19 heavy (non-hydrogen) atoms. The van der Waals surface area contributed by atoms with Gasteiger partial charge in [0, 0.05) is 12.1 Å². The zero-order valence-electron chi connectivity index (χ0n) is 11.4. The lowest BCUT2D eigenvalue weighted by Crippen LogP contribution is -2.48. The standard InChI is InChI=1S/C11H18N4O3S/c1-7-13-14-9(19-7)12-10(18)15(11(2,3)4)6-5-8(16)17/h5-6H2,1-4H3,(H,16,17)(H,12,14,18). The number of aliphatic carboxylic acids is 1. The molecule has 0 saturated carbocycles. The normalized spacial score (nSPS) is 11.2. The van der Waals surface area contributed by atoms with Crippen LogP contribution in [0.15, 0.2) is 0 Å². The average molecular weight is 286 g/mol. The van der Waals surface area contributed by atoms with Crippen LogP contribution in [0.2, 0.25) is 0 Å². The third-order valence-electron chi connectivity index (χ3n) is 2.34. The summed E-state index contributed by atoms with van der Waals surface area (Å²) >= 11 is 1.27.